The molecule has 2 aliphatic heterocycles. The van der Waals surface area contributed by atoms with Gasteiger partial charge in [0.25, 0.3) is 0 Å². The molecule has 2 saturated heterocycles. The molecule has 0 saturated carbocycles. The SMILES string of the molecule is COc1ccc(CC(=O)O)cc1S(=O)(=O)N[C@@H]1C[C@H]2CO[C@H](C)CN2C1. The molecule has 1 aromatic rings. The minimum Gasteiger partial charge on any atom is -0.495 e. The van der Waals surface area contributed by atoms with E-state index in [2.05, 4.69) is 9.62 Å². The van der Waals surface area contributed by atoms with Crippen LogP contribution in [0.5, 0.6) is 5.75 Å². The predicted molar refractivity (Wildman–Crippen MR) is 93.8 cm³/mol. The minimum absolute atomic E-state index is 0.0340. The lowest BCUT2D eigenvalue weighted by atomic mass is 10.1. The van der Waals surface area contributed by atoms with Crippen LogP contribution in [0.3, 0.4) is 0 Å². The highest BCUT2D eigenvalue weighted by atomic mass is 32.2. The molecule has 26 heavy (non-hydrogen) atoms. The lowest BCUT2D eigenvalue weighted by molar-refractivity contribution is -0.136. The second-order valence-corrected chi connectivity index (χ2v) is 8.54. The number of aliphatic carboxylic acids is 1. The van der Waals surface area contributed by atoms with Crippen LogP contribution in [0.1, 0.15) is 18.9 Å². The van der Waals surface area contributed by atoms with Gasteiger partial charge in [-0.2, -0.15) is 0 Å². The number of nitrogens with one attached hydrogen (secondary N) is 1. The summed E-state index contributed by atoms with van der Waals surface area (Å²) in [5.41, 5.74) is 0.407. The number of rotatable bonds is 6. The van der Waals surface area contributed by atoms with E-state index in [1.165, 1.54) is 19.2 Å². The Morgan fingerprint density at radius 1 is 1.42 bits per heavy atom. The summed E-state index contributed by atoms with van der Waals surface area (Å²) >= 11 is 0. The van der Waals surface area contributed by atoms with Crippen molar-refractivity contribution in [1.29, 1.82) is 0 Å². The van der Waals surface area contributed by atoms with E-state index >= 15 is 0 Å². The molecule has 1 aromatic carbocycles. The molecule has 0 unspecified atom stereocenters. The normalized spacial score (nSPS) is 26.5. The molecule has 8 nitrogen and oxygen atoms in total. The molecule has 2 aliphatic rings. The number of morpholine rings is 1. The van der Waals surface area contributed by atoms with Crippen LogP contribution in [0.25, 0.3) is 0 Å². The first-order chi connectivity index (χ1) is 12.3. The lowest BCUT2D eigenvalue weighted by Gasteiger charge is -2.33. The van der Waals surface area contributed by atoms with Gasteiger partial charge in [0, 0.05) is 25.2 Å². The molecule has 3 rings (SSSR count). The minimum atomic E-state index is -3.84. The van der Waals surface area contributed by atoms with Crippen LogP contribution in [0.4, 0.5) is 0 Å². The Morgan fingerprint density at radius 3 is 2.88 bits per heavy atom. The first-order valence-corrected chi connectivity index (χ1v) is 10.0. The van der Waals surface area contributed by atoms with Crippen molar-refractivity contribution in [2.45, 2.75) is 42.8 Å². The van der Waals surface area contributed by atoms with Gasteiger partial charge < -0.3 is 14.6 Å². The van der Waals surface area contributed by atoms with Crippen molar-refractivity contribution in [1.82, 2.24) is 9.62 Å². The quantitative estimate of drug-likeness (QED) is 0.734. The van der Waals surface area contributed by atoms with E-state index in [1.54, 1.807) is 6.07 Å². The van der Waals surface area contributed by atoms with E-state index in [1.807, 2.05) is 6.92 Å². The number of carboxylic acids is 1. The Labute approximate surface area is 153 Å². The zero-order valence-corrected chi connectivity index (χ0v) is 15.7. The number of ether oxygens (including phenoxy) is 2. The molecule has 144 valence electrons. The molecule has 2 fully saturated rings. The fourth-order valence-electron chi connectivity index (χ4n) is 3.62. The largest absolute Gasteiger partial charge is 0.495 e. The van der Waals surface area contributed by atoms with Crippen molar-refractivity contribution in [2.24, 2.45) is 0 Å². The van der Waals surface area contributed by atoms with Crippen molar-refractivity contribution in [2.75, 3.05) is 26.8 Å². The smallest absolute Gasteiger partial charge is 0.307 e. The summed E-state index contributed by atoms with van der Waals surface area (Å²) < 4.78 is 39.3. The second kappa shape index (κ2) is 7.51. The van der Waals surface area contributed by atoms with E-state index < -0.39 is 16.0 Å². The number of carboxylic acid groups (broad SMARTS) is 1. The average molecular weight is 384 g/mol. The van der Waals surface area contributed by atoms with Crippen molar-refractivity contribution in [3.63, 3.8) is 0 Å². The third-order valence-electron chi connectivity index (χ3n) is 4.79. The van der Waals surface area contributed by atoms with Gasteiger partial charge in [0.1, 0.15) is 10.6 Å². The molecule has 0 spiro atoms. The standard InChI is InChI=1S/C17H24N2O6S/c1-11-8-19-9-13(7-14(19)10-25-11)18-26(22,23)16-5-12(6-17(20)21)3-4-15(16)24-2/h3-5,11,13-14,18H,6-10H2,1-2H3,(H,20,21)/t11-,13-,14+/m1/s1. The predicted octanol–water partition coefficient (Wildman–Crippen LogP) is 0.462. The van der Waals surface area contributed by atoms with Crippen molar-refractivity contribution in [3.05, 3.63) is 23.8 Å². The molecule has 0 aromatic heterocycles. The van der Waals surface area contributed by atoms with Crippen LogP contribution >= 0.6 is 0 Å². The molecule has 3 atom stereocenters. The van der Waals surface area contributed by atoms with Crippen LogP contribution in [0.15, 0.2) is 23.1 Å². The Balaban J connectivity index is 1.78. The number of hydrogen-bond donors (Lipinski definition) is 2. The average Bonchev–Trinajstić information content (AvgIpc) is 2.94. The topological polar surface area (TPSA) is 105 Å². The zero-order valence-electron chi connectivity index (χ0n) is 14.8. The fraction of sp³-hybridized carbons (Fsp3) is 0.588. The molecule has 2 heterocycles. The summed E-state index contributed by atoms with van der Waals surface area (Å²) in [6, 6.07) is 4.41. The second-order valence-electron chi connectivity index (χ2n) is 6.86. The van der Waals surface area contributed by atoms with Crippen molar-refractivity contribution >= 4 is 16.0 Å². The number of nitrogens with zero attached hydrogens (tertiary/aromatic N) is 1. The monoisotopic (exact) mass is 384 g/mol. The van der Waals surface area contributed by atoms with Gasteiger partial charge in [-0.25, -0.2) is 13.1 Å². The molecule has 0 amide bonds. The fourth-order valence-corrected chi connectivity index (χ4v) is 5.08. The van der Waals surface area contributed by atoms with Gasteiger partial charge in [0.15, 0.2) is 0 Å². The van der Waals surface area contributed by atoms with Crippen LogP contribution in [0.2, 0.25) is 0 Å². The number of hydrogen-bond acceptors (Lipinski definition) is 6. The van der Waals surface area contributed by atoms with E-state index in [0.29, 0.717) is 25.1 Å². The van der Waals surface area contributed by atoms with Gasteiger partial charge >= 0.3 is 5.97 Å². The summed E-state index contributed by atoms with van der Waals surface area (Å²) in [4.78, 5) is 13.1. The number of sulfonamides is 1. The molecular weight excluding hydrogens is 360 g/mol. The third-order valence-corrected chi connectivity index (χ3v) is 6.33. The van der Waals surface area contributed by atoms with Crippen LogP contribution in [0, 0.1) is 0 Å². The number of carbonyl (C=O) groups is 1. The van der Waals surface area contributed by atoms with Gasteiger partial charge in [-0.15, -0.1) is 0 Å². The van der Waals surface area contributed by atoms with Crippen LogP contribution in [-0.4, -0.2) is 69.4 Å². The molecule has 0 bridgehead atoms. The summed E-state index contributed by atoms with van der Waals surface area (Å²) in [7, 11) is -2.45. The maximum absolute atomic E-state index is 12.9. The number of fused-ring (bicyclic) bond motifs is 1. The van der Waals surface area contributed by atoms with E-state index in [4.69, 9.17) is 14.6 Å². The number of methoxy groups -OCH3 is 1. The van der Waals surface area contributed by atoms with Gasteiger partial charge in [0.2, 0.25) is 10.0 Å². The van der Waals surface area contributed by atoms with Gasteiger partial charge in [-0.1, -0.05) is 6.07 Å². The first kappa shape index (κ1) is 19.1. The Kier molecular flexibility index (Phi) is 5.52. The Bertz CT molecular complexity index is 781. The summed E-state index contributed by atoms with van der Waals surface area (Å²) in [6.45, 7) is 4.04. The third kappa shape index (κ3) is 4.17. The summed E-state index contributed by atoms with van der Waals surface area (Å²) in [5, 5.41) is 8.94. The molecule has 0 aliphatic carbocycles. The highest BCUT2D eigenvalue weighted by Crippen LogP contribution is 2.28. The van der Waals surface area contributed by atoms with Gasteiger partial charge in [0.05, 0.1) is 26.2 Å². The van der Waals surface area contributed by atoms with Gasteiger partial charge in [-0.3, -0.25) is 9.69 Å². The molecule has 0 radical (unpaired) electrons. The highest BCUT2D eigenvalue weighted by Gasteiger charge is 2.38. The van der Waals surface area contributed by atoms with E-state index in [-0.39, 0.29) is 35.3 Å². The Morgan fingerprint density at radius 2 is 2.19 bits per heavy atom. The summed E-state index contributed by atoms with van der Waals surface area (Å²) in [5.74, 6) is -0.826. The van der Waals surface area contributed by atoms with E-state index in [9.17, 15) is 13.2 Å². The molecule has 2 N–H and O–H groups in total. The maximum Gasteiger partial charge on any atom is 0.307 e. The Hall–Kier alpha value is -1.68. The van der Waals surface area contributed by atoms with Gasteiger partial charge in [-0.05, 0) is 31.0 Å². The van der Waals surface area contributed by atoms with Crippen LogP contribution in [-0.2, 0) is 26.0 Å². The maximum atomic E-state index is 12.9. The first-order valence-electron chi connectivity index (χ1n) is 8.55. The zero-order chi connectivity index (χ0) is 18.9. The molecular formula is C17H24N2O6S. The van der Waals surface area contributed by atoms with Crippen molar-refractivity contribution in [3.8, 4) is 5.75 Å². The lowest BCUT2D eigenvalue weighted by Crippen LogP contribution is -2.45. The van der Waals surface area contributed by atoms with E-state index in [0.717, 1.165) is 6.54 Å². The highest BCUT2D eigenvalue weighted by molar-refractivity contribution is 7.89. The van der Waals surface area contributed by atoms with Crippen molar-refractivity contribution < 1.29 is 27.8 Å². The number of benzene rings is 1. The van der Waals surface area contributed by atoms with Crippen LogP contribution < -0.4 is 9.46 Å². The summed E-state index contributed by atoms with van der Waals surface area (Å²) in [6.07, 6.45) is 0.582. The molecule has 9 heteroatoms.